The van der Waals surface area contributed by atoms with Gasteiger partial charge in [-0.2, -0.15) is 0 Å². The lowest BCUT2D eigenvalue weighted by atomic mass is 9.95. The summed E-state index contributed by atoms with van der Waals surface area (Å²) in [7, 11) is 1.65. The Morgan fingerprint density at radius 2 is 1.70 bits per heavy atom. The van der Waals surface area contributed by atoms with Gasteiger partial charge in [0, 0.05) is 5.02 Å². The van der Waals surface area contributed by atoms with Crippen molar-refractivity contribution in [3.8, 4) is 5.75 Å². The lowest BCUT2D eigenvalue weighted by Gasteiger charge is -2.17. The largest absolute Gasteiger partial charge is 0.496 e. The van der Waals surface area contributed by atoms with Crippen molar-refractivity contribution in [2.45, 2.75) is 26.9 Å². The van der Waals surface area contributed by atoms with Crippen LogP contribution in [0.4, 0.5) is 0 Å². The fourth-order valence-corrected chi connectivity index (χ4v) is 2.47. The van der Waals surface area contributed by atoms with Gasteiger partial charge in [0.15, 0.2) is 0 Å². The summed E-state index contributed by atoms with van der Waals surface area (Å²) in [5.41, 5.74) is 4.68. The van der Waals surface area contributed by atoms with Crippen LogP contribution in [0.2, 0.25) is 5.02 Å². The van der Waals surface area contributed by atoms with Crippen molar-refractivity contribution in [1.82, 2.24) is 0 Å². The average molecular weight is 291 g/mol. The van der Waals surface area contributed by atoms with E-state index in [0.717, 1.165) is 33.6 Å². The highest BCUT2D eigenvalue weighted by atomic mass is 35.5. The van der Waals surface area contributed by atoms with E-state index in [1.54, 1.807) is 7.11 Å². The van der Waals surface area contributed by atoms with Gasteiger partial charge in [-0.1, -0.05) is 23.7 Å². The molecule has 20 heavy (non-hydrogen) atoms. The van der Waals surface area contributed by atoms with E-state index in [1.807, 2.05) is 51.1 Å². The number of hydrogen-bond donors (Lipinski definition) is 1. The summed E-state index contributed by atoms with van der Waals surface area (Å²) in [6.07, 6.45) is -0.683. The van der Waals surface area contributed by atoms with Gasteiger partial charge in [-0.15, -0.1) is 0 Å². The average Bonchev–Trinajstić information content (AvgIpc) is 2.43. The molecule has 2 rings (SSSR count). The highest BCUT2D eigenvalue weighted by Gasteiger charge is 2.15. The maximum Gasteiger partial charge on any atom is 0.122 e. The third-order valence-corrected chi connectivity index (χ3v) is 4.00. The molecule has 0 aliphatic carbocycles. The predicted octanol–water partition coefficient (Wildman–Crippen LogP) is 4.36. The summed E-state index contributed by atoms with van der Waals surface area (Å²) in [6, 6.07) is 9.56. The second-order valence-electron chi connectivity index (χ2n) is 5.09. The first-order chi connectivity index (χ1) is 9.43. The van der Waals surface area contributed by atoms with Gasteiger partial charge >= 0.3 is 0 Å². The van der Waals surface area contributed by atoms with Crippen LogP contribution in [0, 0.1) is 20.8 Å². The second kappa shape index (κ2) is 5.86. The smallest absolute Gasteiger partial charge is 0.122 e. The Labute approximate surface area is 125 Å². The summed E-state index contributed by atoms with van der Waals surface area (Å²) in [6.45, 7) is 5.88. The van der Waals surface area contributed by atoms with Gasteiger partial charge in [-0.05, 0) is 66.8 Å². The Morgan fingerprint density at radius 3 is 2.30 bits per heavy atom. The molecule has 1 unspecified atom stereocenters. The molecule has 0 saturated carbocycles. The predicted molar refractivity (Wildman–Crippen MR) is 82.7 cm³/mol. The summed E-state index contributed by atoms with van der Waals surface area (Å²) >= 11 is 6.13. The topological polar surface area (TPSA) is 29.5 Å². The highest BCUT2D eigenvalue weighted by Crippen LogP contribution is 2.31. The van der Waals surface area contributed by atoms with Crippen molar-refractivity contribution in [3.63, 3.8) is 0 Å². The van der Waals surface area contributed by atoms with Crippen molar-refractivity contribution < 1.29 is 9.84 Å². The van der Waals surface area contributed by atoms with Crippen molar-refractivity contribution in [1.29, 1.82) is 0 Å². The molecule has 2 aromatic rings. The Balaban J connectivity index is 2.45. The number of ether oxygens (including phenoxy) is 1. The Kier molecular flexibility index (Phi) is 4.36. The molecule has 0 fully saturated rings. The molecular weight excluding hydrogens is 272 g/mol. The molecule has 0 bridgehead atoms. The van der Waals surface area contributed by atoms with Crippen LogP contribution in [0.15, 0.2) is 30.3 Å². The summed E-state index contributed by atoms with van der Waals surface area (Å²) in [4.78, 5) is 0. The van der Waals surface area contributed by atoms with E-state index in [4.69, 9.17) is 16.3 Å². The number of aliphatic hydroxyl groups excluding tert-OH is 1. The third kappa shape index (κ3) is 2.82. The zero-order valence-electron chi connectivity index (χ0n) is 12.2. The van der Waals surface area contributed by atoms with Crippen molar-refractivity contribution in [2.24, 2.45) is 0 Å². The molecular formula is C17H19ClO2. The van der Waals surface area contributed by atoms with Gasteiger partial charge in [0.25, 0.3) is 0 Å². The van der Waals surface area contributed by atoms with Crippen LogP contribution in [0.25, 0.3) is 0 Å². The SMILES string of the molecule is COc1cc(C)c(C(O)c2ccc(C)c(Cl)c2)cc1C. The van der Waals surface area contributed by atoms with Crippen LogP contribution in [0.3, 0.4) is 0 Å². The molecule has 0 radical (unpaired) electrons. The minimum Gasteiger partial charge on any atom is -0.496 e. The molecule has 0 aromatic heterocycles. The van der Waals surface area contributed by atoms with Crippen LogP contribution in [0.1, 0.15) is 33.9 Å². The van der Waals surface area contributed by atoms with Gasteiger partial charge < -0.3 is 9.84 Å². The monoisotopic (exact) mass is 290 g/mol. The minimum atomic E-state index is -0.683. The molecule has 0 spiro atoms. The molecule has 2 aromatic carbocycles. The van der Waals surface area contributed by atoms with Crippen molar-refractivity contribution in [2.75, 3.05) is 7.11 Å². The van der Waals surface area contributed by atoms with Gasteiger partial charge in [-0.3, -0.25) is 0 Å². The molecule has 1 atom stereocenters. The first-order valence-corrected chi connectivity index (χ1v) is 6.91. The number of benzene rings is 2. The minimum absolute atomic E-state index is 0.671. The van der Waals surface area contributed by atoms with E-state index >= 15 is 0 Å². The first kappa shape index (κ1) is 14.9. The maximum absolute atomic E-state index is 10.6. The molecule has 0 aliphatic rings. The van der Waals surface area contributed by atoms with Gasteiger partial charge in [0.05, 0.1) is 7.11 Å². The van der Waals surface area contributed by atoms with Crippen LogP contribution in [-0.4, -0.2) is 12.2 Å². The number of hydrogen-bond acceptors (Lipinski definition) is 2. The molecule has 3 heteroatoms. The van der Waals surface area contributed by atoms with Crippen LogP contribution in [-0.2, 0) is 0 Å². The first-order valence-electron chi connectivity index (χ1n) is 6.53. The third-order valence-electron chi connectivity index (χ3n) is 3.59. The second-order valence-corrected chi connectivity index (χ2v) is 5.50. The molecule has 0 heterocycles. The van der Waals surface area contributed by atoms with Crippen molar-refractivity contribution >= 4 is 11.6 Å². The zero-order valence-corrected chi connectivity index (χ0v) is 13.0. The number of halogens is 1. The van der Waals surface area contributed by atoms with E-state index in [1.165, 1.54) is 0 Å². The fourth-order valence-electron chi connectivity index (χ4n) is 2.29. The van der Waals surface area contributed by atoms with Crippen LogP contribution >= 0.6 is 11.6 Å². The van der Waals surface area contributed by atoms with Crippen LogP contribution in [0.5, 0.6) is 5.75 Å². The van der Waals surface area contributed by atoms with Gasteiger partial charge in [-0.25, -0.2) is 0 Å². The van der Waals surface area contributed by atoms with E-state index in [2.05, 4.69) is 0 Å². The maximum atomic E-state index is 10.6. The molecule has 1 N–H and O–H groups in total. The van der Waals surface area contributed by atoms with E-state index < -0.39 is 6.10 Å². The van der Waals surface area contributed by atoms with E-state index in [9.17, 15) is 5.11 Å². The number of methoxy groups -OCH3 is 1. The normalized spacial score (nSPS) is 12.3. The van der Waals surface area contributed by atoms with Crippen LogP contribution < -0.4 is 4.74 Å². The Bertz CT molecular complexity index is 635. The van der Waals surface area contributed by atoms with E-state index in [-0.39, 0.29) is 0 Å². The zero-order chi connectivity index (χ0) is 14.9. The number of rotatable bonds is 3. The molecule has 0 aliphatic heterocycles. The standard InChI is InChI=1S/C17H19ClO2/c1-10-5-6-13(9-15(10)18)17(19)14-7-12(3)16(20-4)8-11(14)2/h5-9,17,19H,1-4H3. The summed E-state index contributed by atoms with van der Waals surface area (Å²) in [5.74, 6) is 0.834. The fraction of sp³-hybridized carbons (Fsp3) is 0.294. The quantitative estimate of drug-likeness (QED) is 0.910. The highest BCUT2D eigenvalue weighted by molar-refractivity contribution is 6.31. The van der Waals surface area contributed by atoms with E-state index in [0.29, 0.717) is 5.02 Å². The lowest BCUT2D eigenvalue weighted by molar-refractivity contribution is 0.219. The summed E-state index contributed by atoms with van der Waals surface area (Å²) in [5, 5.41) is 11.2. The van der Waals surface area contributed by atoms with Crippen molar-refractivity contribution in [3.05, 3.63) is 63.2 Å². The molecule has 2 nitrogen and oxygen atoms in total. The Morgan fingerprint density at radius 1 is 1.00 bits per heavy atom. The molecule has 0 amide bonds. The Hall–Kier alpha value is -1.51. The molecule has 0 saturated heterocycles. The van der Waals surface area contributed by atoms with Gasteiger partial charge in [0.2, 0.25) is 0 Å². The number of aryl methyl sites for hydroxylation is 3. The molecule has 106 valence electrons. The van der Waals surface area contributed by atoms with Gasteiger partial charge in [0.1, 0.15) is 11.9 Å². The number of aliphatic hydroxyl groups is 1. The summed E-state index contributed by atoms with van der Waals surface area (Å²) < 4.78 is 5.30. The lowest BCUT2D eigenvalue weighted by Crippen LogP contribution is -2.04.